The molecule has 0 radical (unpaired) electrons. The van der Waals surface area contributed by atoms with Crippen molar-refractivity contribution < 1.29 is 9.53 Å². The molecule has 9 atom stereocenters. The quantitative estimate of drug-likeness (QED) is 0.247. The number of fused-ring (bicyclic) bond motifs is 8. The van der Waals surface area contributed by atoms with E-state index >= 15 is 0 Å². The molecule has 47 heavy (non-hydrogen) atoms. The van der Waals surface area contributed by atoms with Crippen molar-refractivity contribution in [1.82, 2.24) is 9.97 Å². The van der Waals surface area contributed by atoms with Crippen LogP contribution in [0.15, 0.2) is 42.0 Å². The van der Waals surface area contributed by atoms with Gasteiger partial charge in [-0.2, -0.15) is 0 Å². The second kappa shape index (κ2) is 10.9. The molecule has 5 aliphatic rings. The third-order valence-corrected chi connectivity index (χ3v) is 15.4. The highest BCUT2D eigenvalue weighted by Crippen LogP contribution is 2.75. The number of rotatable bonds is 4. The lowest BCUT2D eigenvalue weighted by atomic mass is 9.33. The number of anilines is 1. The largest absolute Gasteiger partial charge is 0.460 e. The van der Waals surface area contributed by atoms with Crippen LogP contribution in [0, 0.1) is 58.2 Å². The summed E-state index contributed by atoms with van der Waals surface area (Å²) in [5, 5.41) is 0. The van der Waals surface area contributed by atoms with Crippen molar-refractivity contribution in [2.24, 2.45) is 51.2 Å². The van der Waals surface area contributed by atoms with Gasteiger partial charge in [0.1, 0.15) is 18.2 Å². The molecular weight excluding hydrogens is 578 g/mol. The molecule has 1 aromatic heterocycles. The van der Waals surface area contributed by atoms with E-state index in [1.807, 2.05) is 18.2 Å². The first-order valence-corrected chi connectivity index (χ1v) is 18.6. The van der Waals surface area contributed by atoms with Crippen LogP contribution in [0.3, 0.4) is 0 Å². The van der Waals surface area contributed by atoms with Gasteiger partial charge in [-0.1, -0.05) is 90.4 Å². The van der Waals surface area contributed by atoms with E-state index in [0.717, 1.165) is 55.7 Å². The molecule has 0 amide bonds. The average Bonchev–Trinajstić information content (AvgIpc) is 3.02. The molecule has 2 aromatic rings. The maximum Gasteiger partial charge on any atom is 0.313 e. The first kappa shape index (κ1) is 32.8. The number of esters is 1. The number of hydrogen-bond donors (Lipinski definition) is 0. The molecule has 0 N–H and O–H groups in total. The van der Waals surface area contributed by atoms with Gasteiger partial charge in [0.2, 0.25) is 0 Å². The average molecular weight is 638 g/mol. The topological polar surface area (TPSA) is 55.3 Å². The Morgan fingerprint density at radius 2 is 1.66 bits per heavy atom. The van der Waals surface area contributed by atoms with Gasteiger partial charge in [0, 0.05) is 25.1 Å². The zero-order valence-electron chi connectivity index (χ0n) is 30.9. The Labute approximate surface area is 284 Å². The maximum absolute atomic E-state index is 14.4. The molecule has 3 saturated carbocycles. The number of carbonyl (C=O) groups excluding carboxylic acids is 1. The van der Waals surface area contributed by atoms with Crippen molar-refractivity contribution in [2.75, 3.05) is 19.0 Å². The molecule has 3 fully saturated rings. The van der Waals surface area contributed by atoms with Crippen LogP contribution in [0.4, 0.5) is 5.82 Å². The Kier molecular flexibility index (Phi) is 7.62. The summed E-state index contributed by atoms with van der Waals surface area (Å²) in [7, 11) is 4.27. The molecule has 5 heteroatoms. The van der Waals surface area contributed by atoms with Gasteiger partial charge in [-0.15, -0.1) is 0 Å². The fraction of sp³-hybridized carbons (Fsp3) is 0.690. The van der Waals surface area contributed by atoms with Gasteiger partial charge < -0.3 is 9.64 Å². The molecule has 5 aliphatic carbocycles. The predicted molar refractivity (Wildman–Crippen MR) is 190 cm³/mol. The summed E-state index contributed by atoms with van der Waals surface area (Å²) in [6.45, 7) is 20.1. The zero-order chi connectivity index (χ0) is 33.7. The fourth-order valence-electron chi connectivity index (χ4n) is 12.7. The maximum atomic E-state index is 14.4. The SMILES string of the molecule is Cc1nc(N(C)C)c2c(n1)C(C)(C)[C@@H]1CC[C@]3(C)[C@H](CC=C4[C@@H]5[C@@H](C)[C@H](C)CC[C@]5(C(=O)OCc5ccccc5)CC[C@]43C)[C@@]1(C)C2. The summed E-state index contributed by atoms with van der Waals surface area (Å²) in [5.74, 6) is 4.45. The standard InChI is InChI=1S/C42H59N3O2/c1-26-18-21-42(37(46)47-25-29-14-12-11-13-15-29)23-22-40(7)31(34(42)27(26)2)16-17-33-39(6)24-30-35(43-28(3)44-36(30)45(9)10)38(4,5)32(39)19-20-41(33,40)8/h11-16,26-27,32-34H,17-25H2,1-10H3/t26-,27+,32+,33-,34+,39+,40-,41-,42+/m1/s1. The van der Waals surface area contributed by atoms with E-state index in [1.165, 1.54) is 24.1 Å². The van der Waals surface area contributed by atoms with E-state index in [1.54, 1.807) is 5.57 Å². The molecule has 1 aromatic carbocycles. The van der Waals surface area contributed by atoms with Gasteiger partial charge in [-0.25, -0.2) is 9.97 Å². The lowest BCUT2D eigenvalue weighted by Crippen LogP contribution is -2.65. The Hall–Kier alpha value is -2.69. The highest BCUT2D eigenvalue weighted by molar-refractivity contribution is 5.79. The van der Waals surface area contributed by atoms with Crippen LogP contribution in [0.25, 0.3) is 0 Å². The van der Waals surface area contributed by atoms with Crippen LogP contribution in [0.5, 0.6) is 0 Å². The highest BCUT2D eigenvalue weighted by atomic mass is 16.5. The Morgan fingerprint density at radius 3 is 2.36 bits per heavy atom. The highest BCUT2D eigenvalue weighted by Gasteiger charge is 2.69. The monoisotopic (exact) mass is 637 g/mol. The number of aryl methyl sites for hydroxylation is 1. The second-order valence-electron chi connectivity index (χ2n) is 18.1. The molecule has 0 saturated heterocycles. The van der Waals surface area contributed by atoms with Crippen LogP contribution >= 0.6 is 0 Å². The zero-order valence-corrected chi connectivity index (χ0v) is 30.9. The minimum absolute atomic E-state index is 0.0232. The summed E-state index contributed by atoms with van der Waals surface area (Å²) < 4.78 is 6.26. The van der Waals surface area contributed by atoms with Crippen molar-refractivity contribution >= 4 is 11.8 Å². The summed E-state index contributed by atoms with van der Waals surface area (Å²) >= 11 is 0. The molecule has 7 rings (SSSR count). The number of benzene rings is 1. The summed E-state index contributed by atoms with van der Waals surface area (Å²) in [4.78, 5) is 26.8. The van der Waals surface area contributed by atoms with Gasteiger partial charge in [-0.3, -0.25) is 4.79 Å². The van der Waals surface area contributed by atoms with E-state index in [-0.39, 0.29) is 33.5 Å². The lowest BCUT2D eigenvalue weighted by molar-refractivity contribution is -0.184. The van der Waals surface area contributed by atoms with Crippen LogP contribution in [0.2, 0.25) is 0 Å². The van der Waals surface area contributed by atoms with E-state index in [0.29, 0.717) is 30.3 Å². The van der Waals surface area contributed by atoms with Crippen molar-refractivity contribution in [1.29, 1.82) is 0 Å². The molecule has 0 aliphatic heterocycles. The van der Waals surface area contributed by atoms with Gasteiger partial charge in [-0.05, 0) is 110 Å². The lowest BCUT2D eigenvalue weighted by Gasteiger charge is -2.71. The Balaban J connectivity index is 1.29. The number of carbonyl (C=O) groups is 1. The molecule has 0 spiro atoms. The Morgan fingerprint density at radius 1 is 0.936 bits per heavy atom. The van der Waals surface area contributed by atoms with Crippen LogP contribution < -0.4 is 4.90 Å². The minimum Gasteiger partial charge on any atom is -0.460 e. The molecule has 5 nitrogen and oxygen atoms in total. The minimum atomic E-state index is -0.419. The Bertz CT molecular complexity index is 1600. The summed E-state index contributed by atoms with van der Waals surface area (Å²) in [6, 6.07) is 10.2. The van der Waals surface area contributed by atoms with E-state index < -0.39 is 5.41 Å². The molecular formula is C42H59N3O2. The normalized spacial score (nSPS) is 40.0. The number of allylic oxidation sites excluding steroid dienone is 2. The van der Waals surface area contributed by atoms with Crippen molar-refractivity contribution in [3.63, 3.8) is 0 Å². The van der Waals surface area contributed by atoms with Gasteiger partial charge >= 0.3 is 5.97 Å². The molecule has 0 unspecified atom stereocenters. The van der Waals surface area contributed by atoms with E-state index in [4.69, 9.17) is 14.7 Å². The summed E-state index contributed by atoms with van der Waals surface area (Å²) in [6.07, 6.45) is 11.3. The second-order valence-corrected chi connectivity index (χ2v) is 18.1. The molecule has 0 bridgehead atoms. The predicted octanol–water partition coefficient (Wildman–Crippen LogP) is 9.27. The number of ether oxygens (including phenoxy) is 1. The first-order chi connectivity index (χ1) is 22.1. The molecule has 254 valence electrons. The van der Waals surface area contributed by atoms with Gasteiger partial charge in [0.15, 0.2) is 0 Å². The number of hydrogen-bond acceptors (Lipinski definition) is 5. The van der Waals surface area contributed by atoms with Crippen molar-refractivity contribution in [2.45, 2.75) is 119 Å². The fourth-order valence-corrected chi connectivity index (χ4v) is 12.7. The van der Waals surface area contributed by atoms with Gasteiger partial charge in [0.25, 0.3) is 0 Å². The summed E-state index contributed by atoms with van der Waals surface area (Å²) in [5.41, 5.74) is 5.21. The van der Waals surface area contributed by atoms with Crippen molar-refractivity contribution in [3.05, 3.63) is 64.6 Å². The van der Waals surface area contributed by atoms with Crippen molar-refractivity contribution in [3.8, 4) is 0 Å². The third kappa shape index (κ3) is 4.49. The molecule has 1 heterocycles. The van der Waals surface area contributed by atoms with Crippen LogP contribution in [0.1, 0.15) is 116 Å². The van der Waals surface area contributed by atoms with Crippen LogP contribution in [-0.2, 0) is 28.0 Å². The first-order valence-electron chi connectivity index (χ1n) is 18.6. The van der Waals surface area contributed by atoms with E-state index in [9.17, 15) is 4.79 Å². The number of aromatic nitrogens is 2. The van der Waals surface area contributed by atoms with Gasteiger partial charge in [0.05, 0.1) is 11.1 Å². The number of nitrogens with zero attached hydrogens (tertiary/aromatic N) is 3. The smallest absolute Gasteiger partial charge is 0.313 e. The van der Waals surface area contributed by atoms with E-state index in [2.05, 4.69) is 92.6 Å². The van der Waals surface area contributed by atoms with Crippen LogP contribution in [-0.4, -0.2) is 30.0 Å². The third-order valence-electron chi connectivity index (χ3n) is 15.4.